The fourth-order valence-corrected chi connectivity index (χ4v) is 3.92. The van der Waals surface area contributed by atoms with Gasteiger partial charge < -0.3 is 5.32 Å². The zero-order valence-electron chi connectivity index (χ0n) is 12.2. The molecule has 0 aromatic carbocycles. The molecule has 0 radical (unpaired) electrons. The molecule has 116 valence electrons. The van der Waals surface area contributed by atoms with E-state index in [0.29, 0.717) is 17.2 Å². The van der Waals surface area contributed by atoms with Gasteiger partial charge in [0.05, 0.1) is 0 Å². The van der Waals surface area contributed by atoms with Gasteiger partial charge in [0.1, 0.15) is 0 Å². The molecule has 2 aromatic heterocycles. The molecule has 0 saturated carbocycles. The largest absolute Gasteiger partial charge is 0.313 e. The van der Waals surface area contributed by atoms with Crippen molar-refractivity contribution in [3.05, 3.63) is 22.3 Å². The summed E-state index contributed by atoms with van der Waals surface area (Å²) in [7, 11) is -3.73. The Morgan fingerprint density at radius 2 is 2.14 bits per heavy atom. The fraction of sp³-hybridized carbons (Fsp3) is 0.500. The lowest BCUT2D eigenvalue weighted by Crippen LogP contribution is -2.19. The first-order chi connectivity index (χ1) is 9.94. The van der Waals surface area contributed by atoms with Gasteiger partial charge in [0, 0.05) is 28.9 Å². The summed E-state index contributed by atoms with van der Waals surface area (Å²) in [5.74, 6) is 0. The van der Waals surface area contributed by atoms with E-state index in [0.717, 1.165) is 23.5 Å². The third-order valence-electron chi connectivity index (χ3n) is 2.86. The lowest BCUT2D eigenvalue weighted by Gasteiger charge is -2.07. The lowest BCUT2D eigenvalue weighted by molar-refractivity contribution is 0.593. The van der Waals surface area contributed by atoms with Crippen LogP contribution in [0.25, 0.3) is 0 Å². The number of aromatic amines is 1. The minimum absolute atomic E-state index is 0.0245. The predicted molar refractivity (Wildman–Crippen MR) is 83.0 cm³/mol. The van der Waals surface area contributed by atoms with Gasteiger partial charge in [-0.2, -0.15) is 13.5 Å². The normalized spacial score (nSPS) is 11.8. The van der Waals surface area contributed by atoms with E-state index in [9.17, 15) is 8.42 Å². The summed E-state index contributed by atoms with van der Waals surface area (Å²) in [5, 5.41) is 10.2. The standard InChI is InChI=1S/C12H19N5O2S2/c1-4-5-13-7-10-9(3)15-16-11(10)21(18,19)17-12-14-6-8(2)20-12/h6,13H,4-5,7H2,1-3H3,(H,14,17)(H,15,16). The third-order valence-corrected chi connectivity index (χ3v) is 5.13. The van der Waals surface area contributed by atoms with Crippen LogP contribution in [-0.4, -0.2) is 30.1 Å². The second kappa shape index (κ2) is 6.54. The van der Waals surface area contributed by atoms with E-state index in [2.05, 4.69) is 32.1 Å². The van der Waals surface area contributed by atoms with Gasteiger partial charge in [0.15, 0.2) is 5.13 Å². The Hall–Kier alpha value is -1.45. The van der Waals surface area contributed by atoms with Gasteiger partial charge in [-0.05, 0) is 26.8 Å². The van der Waals surface area contributed by atoms with Crippen LogP contribution >= 0.6 is 11.3 Å². The highest BCUT2D eigenvalue weighted by Gasteiger charge is 2.24. The van der Waals surface area contributed by atoms with Crippen molar-refractivity contribution < 1.29 is 8.42 Å². The number of nitrogens with one attached hydrogen (secondary N) is 3. The van der Waals surface area contributed by atoms with Gasteiger partial charge >= 0.3 is 0 Å². The van der Waals surface area contributed by atoms with Crippen LogP contribution in [0.4, 0.5) is 5.13 Å². The van der Waals surface area contributed by atoms with Gasteiger partial charge in [-0.15, -0.1) is 11.3 Å². The molecule has 7 nitrogen and oxygen atoms in total. The van der Waals surface area contributed by atoms with Crippen LogP contribution < -0.4 is 10.0 Å². The van der Waals surface area contributed by atoms with Crippen LogP contribution in [0.5, 0.6) is 0 Å². The van der Waals surface area contributed by atoms with Crippen molar-refractivity contribution in [1.29, 1.82) is 0 Å². The Bertz CT molecular complexity index is 705. The SMILES string of the molecule is CCCNCc1c(S(=O)(=O)Nc2ncc(C)s2)n[nH]c1C. The van der Waals surface area contributed by atoms with Crippen molar-refractivity contribution in [2.45, 2.75) is 38.8 Å². The maximum Gasteiger partial charge on any atom is 0.283 e. The van der Waals surface area contributed by atoms with Crippen LogP contribution in [0.15, 0.2) is 11.2 Å². The minimum Gasteiger partial charge on any atom is -0.313 e. The molecule has 2 heterocycles. The molecule has 9 heteroatoms. The van der Waals surface area contributed by atoms with Crippen LogP contribution in [0.1, 0.15) is 29.5 Å². The van der Waals surface area contributed by atoms with Gasteiger partial charge in [0.2, 0.25) is 5.03 Å². The summed E-state index contributed by atoms with van der Waals surface area (Å²) in [6.45, 7) is 7.02. The van der Waals surface area contributed by atoms with E-state index in [1.165, 1.54) is 11.3 Å². The molecule has 0 unspecified atom stereocenters. The first-order valence-corrected chi connectivity index (χ1v) is 8.93. The summed E-state index contributed by atoms with van der Waals surface area (Å²) in [6, 6.07) is 0. The molecule has 0 aliphatic heterocycles. The van der Waals surface area contributed by atoms with Gasteiger partial charge in [-0.25, -0.2) is 4.98 Å². The Morgan fingerprint density at radius 3 is 2.76 bits per heavy atom. The summed E-state index contributed by atoms with van der Waals surface area (Å²) in [6.07, 6.45) is 2.61. The van der Waals surface area contributed by atoms with Crippen molar-refractivity contribution >= 4 is 26.5 Å². The molecule has 0 aliphatic rings. The quantitative estimate of drug-likeness (QED) is 0.672. The van der Waals surface area contributed by atoms with Crippen LogP contribution in [0.2, 0.25) is 0 Å². The lowest BCUT2D eigenvalue weighted by atomic mass is 10.2. The highest BCUT2D eigenvalue weighted by molar-refractivity contribution is 7.92. The van der Waals surface area contributed by atoms with Crippen molar-refractivity contribution in [3.8, 4) is 0 Å². The molecule has 0 amide bonds. The topological polar surface area (TPSA) is 99.8 Å². The average molecular weight is 329 g/mol. The average Bonchev–Trinajstić information content (AvgIpc) is 2.97. The molecule has 3 N–H and O–H groups in total. The number of rotatable bonds is 7. The Balaban J connectivity index is 2.23. The summed E-state index contributed by atoms with van der Waals surface area (Å²) < 4.78 is 27.3. The second-order valence-electron chi connectivity index (χ2n) is 4.69. The molecule has 0 saturated heterocycles. The van der Waals surface area contributed by atoms with E-state index >= 15 is 0 Å². The van der Waals surface area contributed by atoms with Gasteiger partial charge in [-0.3, -0.25) is 9.82 Å². The number of hydrogen-bond acceptors (Lipinski definition) is 6. The van der Waals surface area contributed by atoms with Gasteiger partial charge in [0.25, 0.3) is 10.0 Å². The highest BCUT2D eigenvalue weighted by atomic mass is 32.2. The monoisotopic (exact) mass is 329 g/mol. The molecular formula is C12H19N5O2S2. The highest BCUT2D eigenvalue weighted by Crippen LogP contribution is 2.22. The zero-order valence-corrected chi connectivity index (χ0v) is 13.9. The van der Waals surface area contributed by atoms with Crippen LogP contribution in [0, 0.1) is 13.8 Å². The van der Waals surface area contributed by atoms with E-state index in [1.54, 1.807) is 6.20 Å². The number of anilines is 1. The van der Waals surface area contributed by atoms with E-state index in [-0.39, 0.29) is 5.03 Å². The molecule has 0 fully saturated rings. The first kappa shape index (κ1) is 15.9. The number of nitrogens with zero attached hydrogens (tertiary/aromatic N) is 2. The molecule has 0 aliphatic carbocycles. The number of thiazole rings is 1. The second-order valence-corrected chi connectivity index (χ2v) is 7.52. The number of aryl methyl sites for hydroxylation is 2. The zero-order chi connectivity index (χ0) is 15.5. The smallest absolute Gasteiger partial charge is 0.283 e. The predicted octanol–water partition coefficient (Wildman–Crippen LogP) is 1.78. The Morgan fingerprint density at radius 1 is 1.38 bits per heavy atom. The molecule has 0 bridgehead atoms. The van der Waals surface area contributed by atoms with Crippen molar-refractivity contribution in [2.24, 2.45) is 0 Å². The fourth-order valence-electron chi connectivity index (χ4n) is 1.82. The van der Waals surface area contributed by atoms with E-state index < -0.39 is 10.0 Å². The summed E-state index contributed by atoms with van der Waals surface area (Å²) in [5.41, 5.74) is 1.40. The van der Waals surface area contributed by atoms with E-state index in [1.807, 2.05) is 13.8 Å². The maximum atomic E-state index is 12.4. The minimum atomic E-state index is -3.73. The summed E-state index contributed by atoms with van der Waals surface area (Å²) in [4.78, 5) is 4.95. The maximum absolute atomic E-state index is 12.4. The van der Waals surface area contributed by atoms with E-state index in [4.69, 9.17) is 0 Å². The number of aromatic nitrogens is 3. The number of hydrogen-bond donors (Lipinski definition) is 3. The van der Waals surface area contributed by atoms with Crippen molar-refractivity contribution in [3.63, 3.8) is 0 Å². The number of H-pyrrole nitrogens is 1. The number of sulfonamides is 1. The van der Waals surface area contributed by atoms with Gasteiger partial charge in [-0.1, -0.05) is 6.92 Å². The molecule has 2 rings (SSSR count). The van der Waals surface area contributed by atoms with Crippen molar-refractivity contribution in [1.82, 2.24) is 20.5 Å². The molecule has 0 atom stereocenters. The third kappa shape index (κ3) is 3.80. The Labute approximate surface area is 128 Å². The first-order valence-electron chi connectivity index (χ1n) is 6.64. The van der Waals surface area contributed by atoms with Crippen LogP contribution in [0.3, 0.4) is 0 Å². The Kier molecular flexibility index (Phi) is 4.96. The molecule has 2 aromatic rings. The summed E-state index contributed by atoms with van der Waals surface area (Å²) >= 11 is 1.29. The van der Waals surface area contributed by atoms with Crippen LogP contribution in [-0.2, 0) is 16.6 Å². The van der Waals surface area contributed by atoms with Crippen molar-refractivity contribution in [2.75, 3.05) is 11.3 Å². The molecule has 0 spiro atoms. The molecule has 21 heavy (non-hydrogen) atoms. The molecular weight excluding hydrogens is 310 g/mol.